The lowest BCUT2D eigenvalue weighted by Gasteiger charge is -2.11. The fourth-order valence-corrected chi connectivity index (χ4v) is 2.55. The lowest BCUT2D eigenvalue weighted by atomic mass is 10.2. The van der Waals surface area contributed by atoms with Gasteiger partial charge in [0.15, 0.2) is 0 Å². The van der Waals surface area contributed by atoms with Crippen molar-refractivity contribution in [3.63, 3.8) is 0 Å². The second-order valence-corrected chi connectivity index (χ2v) is 6.07. The Balaban J connectivity index is 2.01. The van der Waals surface area contributed by atoms with Crippen molar-refractivity contribution in [3.8, 4) is 17.1 Å². The van der Waals surface area contributed by atoms with E-state index in [1.54, 1.807) is 13.3 Å². The Bertz CT molecular complexity index is 626. The molecule has 21 heavy (non-hydrogen) atoms. The van der Waals surface area contributed by atoms with Crippen LogP contribution < -0.4 is 10.5 Å². The van der Waals surface area contributed by atoms with Gasteiger partial charge in [0.05, 0.1) is 7.11 Å². The van der Waals surface area contributed by atoms with Crippen molar-refractivity contribution in [2.24, 2.45) is 5.92 Å². The Morgan fingerprint density at radius 2 is 2.14 bits per heavy atom. The summed E-state index contributed by atoms with van der Waals surface area (Å²) < 4.78 is 7.28. The fraction of sp³-hybridized carbons (Fsp3) is 0.500. The largest absolute Gasteiger partial charge is 0.481 e. The van der Waals surface area contributed by atoms with Gasteiger partial charge in [0.2, 0.25) is 5.88 Å². The number of nitrogen functional groups attached to an aromatic ring is 1. The third-order valence-electron chi connectivity index (χ3n) is 3.75. The molecular formula is C16H22N4O. The van der Waals surface area contributed by atoms with Crippen LogP contribution in [0.2, 0.25) is 0 Å². The first kappa shape index (κ1) is 13.9. The molecule has 0 spiro atoms. The van der Waals surface area contributed by atoms with Crippen molar-refractivity contribution >= 4 is 5.82 Å². The zero-order chi connectivity index (χ0) is 15.0. The van der Waals surface area contributed by atoms with E-state index in [2.05, 4.69) is 23.4 Å². The molecule has 112 valence electrons. The quantitative estimate of drug-likeness (QED) is 0.917. The summed E-state index contributed by atoms with van der Waals surface area (Å²) >= 11 is 0. The lowest BCUT2D eigenvalue weighted by molar-refractivity contribution is 0.398. The number of hydrogen-bond acceptors (Lipinski definition) is 4. The maximum atomic E-state index is 6.36. The second-order valence-electron chi connectivity index (χ2n) is 6.07. The molecule has 0 amide bonds. The number of anilines is 1. The van der Waals surface area contributed by atoms with Gasteiger partial charge in [0.1, 0.15) is 17.3 Å². The topological polar surface area (TPSA) is 66.0 Å². The molecule has 0 aromatic carbocycles. The predicted octanol–water partition coefficient (Wildman–Crippen LogP) is 3.07. The van der Waals surface area contributed by atoms with E-state index in [0.29, 0.717) is 17.7 Å². The first-order valence-corrected chi connectivity index (χ1v) is 7.46. The Kier molecular flexibility index (Phi) is 3.57. The van der Waals surface area contributed by atoms with Gasteiger partial charge in [-0.2, -0.15) is 0 Å². The molecule has 2 aromatic heterocycles. The maximum Gasteiger partial charge on any atom is 0.212 e. The summed E-state index contributed by atoms with van der Waals surface area (Å²) in [5, 5.41) is 0. The summed E-state index contributed by atoms with van der Waals surface area (Å²) in [5.74, 6) is 3.60. The van der Waals surface area contributed by atoms with Crippen molar-refractivity contribution < 1.29 is 4.74 Å². The molecule has 0 aliphatic heterocycles. The van der Waals surface area contributed by atoms with Crippen molar-refractivity contribution in [1.82, 2.24) is 14.5 Å². The van der Waals surface area contributed by atoms with E-state index in [-0.39, 0.29) is 0 Å². The molecule has 1 saturated carbocycles. The van der Waals surface area contributed by atoms with Gasteiger partial charge in [-0.25, -0.2) is 9.97 Å². The number of nitrogens with two attached hydrogens (primary N) is 1. The van der Waals surface area contributed by atoms with Crippen LogP contribution in [0, 0.1) is 5.92 Å². The van der Waals surface area contributed by atoms with Gasteiger partial charge in [-0.3, -0.25) is 0 Å². The highest BCUT2D eigenvalue weighted by atomic mass is 16.5. The van der Waals surface area contributed by atoms with E-state index >= 15 is 0 Å². The molecular weight excluding hydrogens is 264 g/mol. The van der Waals surface area contributed by atoms with Crippen molar-refractivity contribution in [3.05, 3.63) is 24.2 Å². The molecule has 1 fully saturated rings. The van der Waals surface area contributed by atoms with Crippen molar-refractivity contribution in [1.29, 1.82) is 0 Å². The van der Waals surface area contributed by atoms with Crippen LogP contribution in [0.4, 0.5) is 5.82 Å². The van der Waals surface area contributed by atoms with E-state index in [1.807, 2.05) is 12.1 Å². The molecule has 1 aliphatic carbocycles. The molecule has 2 N–H and O–H groups in total. The van der Waals surface area contributed by atoms with E-state index in [1.165, 1.54) is 12.8 Å². The standard InChI is InChI=1S/C16H22N4O/c1-10(2)9-20-15(17)14(19-16(20)11-4-5-11)12-6-7-13(21-3)18-8-12/h6-8,10-11H,4-5,9,17H2,1-3H3. The van der Waals surface area contributed by atoms with Crippen LogP contribution >= 0.6 is 0 Å². The van der Waals surface area contributed by atoms with E-state index in [9.17, 15) is 0 Å². The Hall–Kier alpha value is -2.04. The molecule has 2 aromatic rings. The predicted molar refractivity (Wildman–Crippen MR) is 83.2 cm³/mol. The number of imidazole rings is 1. The summed E-state index contributed by atoms with van der Waals surface area (Å²) in [5.41, 5.74) is 8.14. The van der Waals surface area contributed by atoms with E-state index in [0.717, 1.165) is 29.4 Å². The number of ether oxygens (including phenoxy) is 1. The molecule has 0 saturated heterocycles. The monoisotopic (exact) mass is 286 g/mol. The minimum atomic E-state index is 0.542. The third-order valence-corrected chi connectivity index (χ3v) is 3.75. The van der Waals surface area contributed by atoms with Crippen LogP contribution in [-0.2, 0) is 6.54 Å². The fourth-order valence-electron chi connectivity index (χ4n) is 2.55. The SMILES string of the molecule is COc1ccc(-c2nc(C3CC3)n(CC(C)C)c2N)cn1. The second kappa shape index (κ2) is 5.39. The third kappa shape index (κ3) is 2.73. The van der Waals surface area contributed by atoms with Crippen LogP contribution in [0.1, 0.15) is 38.4 Å². The molecule has 2 heterocycles. The average Bonchev–Trinajstić information content (AvgIpc) is 3.26. The van der Waals surface area contributed by atoms with Gasteiger partial charge < -0.3 is 15.0 Å². The molecule has 0 radical (unpaired) electrons. The zero-order valence-electron chi connectivity index (χ0n) is 12.8. The molecule has 0 atom stereocenters. The molecule has 5 heteroatoms. The molecule has 5 nitrogen and oxygen atoms in total. The first-order valence-electron chi connectivity index (χ1n) is 7.46. The number of aromatic nitrogens is 3. The average molecular weight is 286 g/mol. The Morgan fingerprint density at radius 1 is 1.38 bits per heavy atom. The highest BCUT2D eigenvalue weighted by Crippen LogP contribution is 2.42. The van der Waals surface area contributed by atoms with Gasteiger partial charge in [-0.15, -0.1) is 0 Å². The van der Waals surface area contributed by atoms with Crippen LogP contribution in [0.3, 0.4) is 0 Å². The summed E-state index contributed by atoms with van der Waals surface area (Å²) in [6, 6.07) is 3.80. The van der Waals surface area contributed by atoms with Gasteiger partial charge in [0, 0.05) is 30.3 Å². The van der Waals surface area contributed by atoms with Gasteiger partial charge in [-0.05, 0) is 24.8 Å². The highest BCUT2D eigenvalue weighted by Gasteiger charge is 2.31. The smallest absolute Gasteiger partial charge is 0.212 e. The van der Waals surface area contributed by atoms with E-state index < -0.39 is 0 Å². The maximum absolute atomic E-state index is 6.36. The number of rotatable bonds is 5. The summed E-state index contributed by atoms with van der Waals surface area (Å²) in [6.07, 6.45) is 4.21. The Morgan fingerprint density at radius 3 is 2.67 bits per heavy atom. The van der Waals surface area contributed by atoms with Crippen LogP contribution in [0.15, 0.2) is 18.3 Å². The number of nitrogens with zero attached hydrogens (tertiary/aromatic N) is 3. The number of hydrogen-bond donors (Lipinski definition) is 1. The van der Waals surface area contributed by atoms with Gasteiger partial charge in [0.25, 0.3) is 0 Å². The molecule has 0 bridgehead atoms. The first-order chi connectivity index (χ1) is 10.1. The summed E-state index contributed by atoms with van der Waals surface area (Å²) in [4.78, 5) is 9.06. The summed E-state index contributed by atoms with van der Waals surface area (Å²) in [6.45, 7) is 5.31. The minimum absolute atomic E-state index is 0.542. The van der Waals surface area contributed by atoms with Crippen LogP contribution in [-0.4, -0.2) is 21.6 Å². The summed E-state index contributed by atoms with van der Waals surface area (Å²) in [7, 11) is 1.61. The van der Waals surface area contributed by atoms with E-state index in [4.69, 9.17) is 15.5 Å². The van der Waals surface area contributed by atoms with Crippen LogP contribution in [0.25, 0.3) is 11.3 Å². The Labute approximate surface area is 125 Å². The van der Waals surface area contributed by atoms with Crippen molar-refractivity contribution in [2.75, 3.05) is 12.8 Å². The number of methoxy groups -OCH3 is 1. The normalized spacial score (nSPS) is 14.7. The minimum Gasteiger partial charge on any atom is -0.481 e. The number of pyridine rings is 1. The zero-order valence-corrected chi connectivity index (χ0v) is 12.8. The van der Waals surface area contributed by atoms with Gasteiger partial charge in [-0.1, -0.05) is 13.8 Å². The molecule has 0 unspecified atom stereocenters. The van der Waals surface area contributed by atoms with Crippen LogP contribution in [0.5, 0.6) is 5.88 Å². The highest BCUT2D eigenvalue weighted by molar-refractivity contribution is 5.70. The van der Waals surface area contributed by atoms with Gasteiger partial charge >= 0.3 is 0 Å². The van der Waals surface area contributed by atoms with Crippen molar-refractivity contribution in [2.45, 2.75) is 39.2 Å². The molecule has 1 aliphatic rings. The lowest BCUT2D eigenvalue weighted by Crippen LogP contribution is -2.10. The molecule has 3 rings (SSSR count).